The van der Waals surface area contributed by atoms with Gasteiger partial charge in [-0.2, -0.15) is 0 Å². The number of nitrogens with zero attached hydrogens (tertiary/aromatic N) is 2. The van der Waals surface area contributed by atoms with Crippen LogP contribution < -0.4 is 5.43 Å². The van der Waals surface area contributed by atoms with E-state index < -0.39 is 11.4 Å². The Kier molecular flexibility index (Phi) is 4.89. The molecule has 26 heavy (non-hydrogen) atoms. The van der Waals surface area contributed by atoms with Crippen LogP contribution in [0.1, 0.15) is 42.5 Å². The molecule has 0 atom stereocenters. The average molecular weight is 350 g/mol. The van der Waals surface area contributed by atoms with E-state index in [1.54, 1.807) is 6.07 Å². The minimum absolute atomic E-state index is 0.197. The monoisotopic (exact) mass is 350 g/mol. The van der Waals surface area contributed by atoms with Gasteiger partial charge in [0, 0.05) is 29.5 Å². The first kappa shape index (κ1) is 17.9. The second kappa shape index (κ2) is 7.12. The number of aromatic carboxylic acids is 1. The van der Waals surface area contributed by atoms with Gasteiger partial charge in [0.2, 0.25) is 5.43 Å². The predicted octanol–water partition coefficient (Wildman–Crippen LogP) is 3.91. The molecule has 3 aromatic rings. The molecule has 0 amide bonds. The van der Waals surface area contributed by atoms with E-state index in [1.165, 1.54) is 6.20 Å². The van der Waals surface area contributed by atoms with Crippen LogP contribution in [-0.4, -0.2) is 20.6 Å². The predicted molar refractivity (Wildman–Crippen MR) is 103 cm³/mol. The fraction of sp³-hybridized carbons (Fsp3) is 0.286. The number of benzene rings is 1. The molecule has 134 valence electrons. The second-order valence-corrected chi connectivity index (χ2v) is 6.24. The molecule has 0 saturated heterocycles. The summed E-state index contributed by atoms with van der Waals surface area (Å²) in [6.07, 6.45) is 3.14. The molecular weight excluding hydrogens is 328 g/mol. The van der Waals surface area contributed by atoms with Crippen LogP contribution in [0.15, 0.2) is 41.3 Å². The van der Waals surface area contributed by atoms with Crippen molar-refractivity contribution in [3.63, 3.8) is 0 Å². The summed E-state index contributed by atoms with van der Waals surface area (Å²) in [6.45, 7) is 6.67. The maximum absolute atomic E-state index is 12.5. The molecule has 0 aliphatic carbocycles. The highest BCUT2D eigenvalue weighted by Gasteiger charge is 2.15. The largest absolute Gasteiger partial charge is 0.477 e. The number of hydrogen-bond donors (Lipinski definition) is 1. The smallest absolute Gasteiger partial charge is 0.341 e. The number of carbonyl (C=O) groups is 1. The summed E-state index contributed by atoms with van der Waals surface area (Å²) in [5.41, 5.74) is 4.23. The van der Waals surface area contributed by atoms with E-state index in [9.17, 15) is 14.7 Å². The van der Waals surface area contributed by atoms with Gasteiger partial charge in [-0.15, -0.1) is 0 Å². The van der Waals surface area contributed by atoms with Crippen LogP contribution in [0, 0.1) is 0 Å². The van der Waals surface area contributed by atoms with Crippen molar-refractivity contribution in [2.45, 2.75) is 40.2 Å². The number of carboxylic acids is 1. The first-order valence-electron chi connectivity index (χ1n) is 8.89. The van der Waals surface area contributed by atoms with Gasteiger partial charge in [0.15, 0.2) is 0 Å². The first-order valence-corrected chi connectivity index (χ1v) is 8.89. The molecule has 0 bridgehead atoms. The van der Waals surface area contributed by atoms with Crippen LogP contribution in [0.25, 0.3) is 22.0 Å². The summed E-state index contributed by atoms with van der Waals surface area (Å²) in [5, 5.41) is 9.70. The van der Waals surface area contributed by atoms with Gasteiger partial charge in [0.25, 0.3) is 0 Å². The van der Waals surface area contributed by atoms with Crippen LogP contribution in [0.4, 0.5) is 0 Å². The van der Waals surface area contributed by atoms with Crippen molar-refractivity contribution in [1.29, 1.82) is 0 Å². The van der Waals surface area contributed by atoms with E-state index in [4.69, 9.17) is 0 Å². The minimum Gasteiger partial charge on any atom is -0.477 e. The summed E-state index contributed by atoms with van der Waals surface area (Å²) in [7, 11) is 0. The lowest BCUT2D eigenvalue weighted by Gasteiger charge is -2.13. The Balaban J connectivity index is 2.26. The Hall–Kier alpha value is -2.95. The van der Waals surface area contributed by atoms with Gasteiger partial charge in [-0.1, -0.05) is 19.9 Å². The molecule has 0 unspecified atom stereocenters. The van der Waals surface area contributed by atoms with E-state index in [0.29, 0.717) is 11.9 Å². The van der Waals surface area contributed by atoms with Crippen LogP contribution in [0.3, 0.4) is 0 Å². The van der Waals surface area contributed by atoms with Crippen molar-refractivity contribution in [2.24, 2.45) is 0 Å². The molecule has 2 heterocycles. The summed E-state index contributed by atoms with van der Waals surface area (Å²) in [5.74, 6) is -1.20. The second-order valence-electron chi connectivity index (χ2n) is 6.24. The average Bonchev–Trinajstić information content (AvgIpc) is 2.67. The number of carboxylic acid groups (broad SMARTS) is 1. The van der Waals surface area contributed by atoms with Crippen molar-refractivity contribution in [2.75, 3.05) is 0 Å². The zero-order valence-corrected chi connectivity index (χ0v) is 15.2. The van der Waals surface area contributed by atoms with E-state index >= 15 is 0 Å². The van der Waals surface area contributed by atoms with Crippen LogP contribution in [0.5, 0.6) is 0 Å². The van der Waals surface area contributed by atoms with Gasteiger partial charge >= 0.3 is 5.97 Å². The number of pyridine rings is 2. The highest BCUT2D eigenvalue weighted by molar-refractivity contribution is 5.93. The molecule has 1 aromatic carbocycles. The number of aryl methyl sites for hydroxylation is 3. The standard InChI is InChI=1S/C21H22N2O3/c1-4-15-9-14(10-16(5-2)22-15)13-7-8-17-19(11-13)23(6-3)12-18(20(17)24)21(25)26/h7-12H,4-6H2,1-3H3,(H,25,26). The number of fused-ring (bicyclic) bond motifs is 1. The number of aromatic nitrogens is 2. The Labute approximate surface area is 151 Å². The lowest BCUT2D eigenvalue weighted by Crippen LogP contribution is -2.18. The van der Waals surface area contributed by atoms with Gasteiger partial charge in [-0.05, 0) is 55.2 Å². The number of hydrogen-bond acceptors (Lipinski definition) is 3. The van der Waals surface area contributed by atoms with E-state index in [0.717, 1.165) is 40.9 Å². The quantitative estimate of drug-likeness (QED) is 0.757. The molecule has 3 rings (SSSR count). The van der Waals surface area contributed by atoms with Crippen molar-refractivity contribution >= 4 is 16.9 Å². The third kappa shape index (κ3) is 3.12. The van der Waals surface area contributed by atoms with Gasteiger partial charge in [-0.25, -0.2) is 4.79 Å². The van der Waals surface area contributed by atoms with Crippen molar-refractivity contribution < 1.29 is 9.90 Å². The Morgan fingerprint density at radius 3 is 2.23 bits per heavy atom. The molecule has 2 aromatic heterocycles. The third-order valence-electron chi connectivity index (χ3n) is 4.64. The molecule has 0 radical (unpaired) electrons. The Morgan fingerprint density at radius 1 is 1.04 bits per heavy atom. The van der Waals surface area contributed by atoms with Gasteiger partial charge in [0.05, 0.1) is 5.52 Å². The summed E-state index contributed by atoms with van der Waals surface area (Å²) in [6, 6.07) is 9.70. The fourth-order valence-electron chi connectivity index (χ4n) is 3.16. The van der Waals surface area contributed by atoms with Crippen LogP contribution >= 0.6 is 0 Å². The van der Waals surface area contributed by atoms with Gasteiger partial charge in [0.1, 0.15) is 5.56 Å². The molecule has 0 aliphatic heterocycles. The van der Waals surface area contributed by atoms with Crippen molar-refractivity contribution in [1.82, 2.24) is 9.55 Å². The van der Waals surface area contributed by atoms with Crippen molar-refractivity contribution in [3.8, 4) is 11.1 Å². The third-order valence-corrected chi connectivity index (χ3v) is 4.64. The summed E-state index contributed by atoms with van der Waals surface area (Å²) >= 11 is 0. The zero-order chi connectivity index (χ0) is 18.8. The summed E-state index contributed by atoms with van der Waals surface area (Å²) in [4.78, 5) is 28.4. The van der Waals surface area contributed by atoms with E-state index in [-0.39, 0.29) is 5.56 Å². The Bertz CT molecular complexity index is 1030. The number of rotatable bonds is 5. The SMILES string of the molecule is CCc1cc(-c2ccc3c(=O)c(C(=O)O)cn(CC)c3c2)cc(CC)n1. The maximum Gasteiger partial charge on any atom is 0.341 e. The molecule has 0 aliphatic rings. The van der Waals surface area contributed by atoms with Crippen LogP contribution in [-0.2, 0) is 19.4 Å². The van der Waals surface area contributed by atoms with Gasteiger partial charge < -0.3 is 9.67 Å². The highest BCUT2D eigenvalue weighted by Crippen LogP contribution is 2.25. The van der Waals surface area contributed by atoms with E-state index in [2.05, 4.69) is 31.0 Å². The zero-order valence-electron chi connectivity index (χ0n) is 15.2. The van der Waals surface area contributed by atoms with E-state index in [1.807, 2.05) is 23.6 Å². The fourth-order valence-corrected chi connectivity index (χ4v) is 3.16. The first-order chi connectivity index (χ1) is 12.5. The van der Waals surface area contributed by atoms with Gasteiger partial charge in [-0.3, -0.25) is 9.78 Å². The minimum atomic E-state index is -1.20. The molecule has 5 heteroatoms. The van der Waals surface area contributed by atoms with Crippen molar-refractivity contribution in [3.05, 3.63) is 63.7 Å². The molecular formula is C21H22N2O3. The normalized spacial score (nSPS) is 11.0. The molecule has 5 nitrogen and oxygen atoms in total. The summed E-state index contributed by atoms with van der Waals surface area (Å²) < 4.78 is 1.81. The molecule has 0 saturated carbocycles. The lowest BCUT2D eigenvalue weighted by atomic mass is 10.0. The molecule has 0 spiro atoms. The topological polar surface area (TPSA) is 72.2 Å². The molecule has 0 fully saturated rings. The molecule has 1 N–H and O–H groups in total. The Morgan fingerprint density at radius 2 is 1.69 bits per heavy atom. The maximum atomic E-state index is 12.5. The lowest BCUT2D eigenvalue weighted by molar-refractivity contribution is 0.0695. The van der Waals surface area contributed by atoms with Crippen LogP contribution in [0.2, 0.25) is 0 Å². The highest BCUT2D eigenvalue weighted by atomic mass is 16.4.